The highest BCUT2D eigenvalue weighted by atomic mass is 16.3. The number of nitrogens with zero attached hydrogens (tertiary/aromatic N) is 2. The Hall–Kier alpha value is -7.24. The van der Waals surface area contributed by atoms with E-state index in [0.29, 0.717) is 102 Å². The van der Waals surface area contributed by atoms with Gasteiger partial charge in [-0.05, 0) is 109 Å². The van der Waals surface area contributed by atoms with E-state index in [1.54, 1.807) is 54.2 Å². The van der Waals surface area contributed by atoms with E-state index >= 15 is 0 Å². The van der Waals surface area contributed by atoms with Crippen LogP contribution in [-0.4, -0.2) is 157 Å². The van der Waals surface area contributed by atoms with Gasteiger partial charge in [0.25, 0.3) is 10.9 Å². The molecule has 11 N–H and O–H groups in total. The number of hydrogen-bond donors (Lipinski definition) is 11. The predicted molar refractivity (Wildman–Crippen MR) is 313 cm³/mol. The Bertz CT molecular complexity index is 2770. The Morgan fingerprint density at radius 2 is 1.12 bits per heavy atom. The fourth-order valence-electron chi connectivity index (χ4n) is 12.3. The van der Waals surface area contributed by atoms with Gasteiger partial charge in [-0.3, -0.25) is 47.9 Å². The van der Waals surface area contributed by atoms with Gasteiger partial charge in [0.2, 0.25) is 47.3 Å². The van der Waals surface area contributed by atoms with E-state index in [4.69, 9.17) is 0 Å². The van der Waals surface area contributed by atoms with E-state index in [-0.39, 0.29) is 85.7 Å². The van der Waals surface area contributed by atoms with Crippen LogP contribution >= 0.6 is 0 Å². The van der Waals surface area contributed by atoms with Crippen molar-refractivity contribution in [2.45, 2.75) is 171 Å². The second-order valence-electron chi connectivity index (χ2n) is 22.4. The Kier molecular flexibility index (Phi) is 23.6. The first-order valence-electron chi connectivity index (χ1n) is 29.9. The summed E-state index contributed by atoms with van der Waals surface area (Å²) in [6.07, 6.45) is 7.37. The van der Waals surface area contributed by atoms with Crippen LogP contribution in [0.3, 0.4) is 0 Å². The molecule has 452 valence electrons. The van der Waals surface area contributed by atoms with Gasteiger partial charge in [0.15, 0.2) is 0 Å². The average Bonchev–Trinajstić information content (AvgIpc) is 4.33. The molecule has 7 rings (SSSR count). The summed E-state index contributed by atoms with van der Waals surface area (Å²) < 4.78 is 0. The Morgan fingerprint density at radius 1 is 0.590 bits per heavy atom. The summed E-state index contributed by atoms with van der Waals surface area (Å²) in [5.74, 6) is -3.95. The van der Waals surface area contributed by atoms with Gasteiger partial charge in [0.1, 0.15) is 41.6 Å². The molecule has 4 heterocycles. The van der Waals surface area contributed by atoms with Crippen LogP contribution in [0.1, 0.15) is 127 Å². The molecular weight excluding hydrogens is 1060 g/mol. The van der Waals surface area contributed by atoms with Crippen LogP contribution in [0, 0.1) is 11.8 Å². The van der Waals surface area contributed by atoms with Crippen molar-refractivity contribution in [1.82, 2.24) is 52.3 Å². The van der Waals surface area contributed by atoms with Gasteiger partial charge in [-0.2, -0.15) is 0 Å². The molecule has 0 bridgehead atoms. The van der Waals surface area contributed by atoms with E-state index in [1.807, 2.05) is 44.2 Å². The molecule has 4 fully saturated rings. The van der Waals surface area contributed by atoms with Gasteiger partial charge in [-0.25, -0.2) is 0 Å². The van der Waals surface area contributed by atoms with E-state index < -0.39 is 82.7 Å². The van der Waals surface area contributed by atoms with E-state index in [2.05, 4.69) is 53.2 Å². The maximum atomic E-state index is 14.4. The van der Waals surface area contributed by atoms with E-state index in [1.165, 1.54) is 0 Å². The molecule has 83 heavy (non-hydrogen) atoms. The SMILES string of the molecule is CCC[C@H](NC)C(=O)N[C@@H]1C(=O)N2[C@@H](CC[C@@H]1CO)CC[C@H]2C(=O)N[C@H](C(=O)NCCCCNc1c(NCCCC(=O)NC[C@H]2CC[C@H]3CC[C@@H](C(=O)NCc4ccccc4)N3C(=O)[C@H]2NC(=O)[C@H](CC)NC)c(=O)c1=O)c1ccccc1. The number of unbranched alkanes of at least 4 members (excludes halogenated alkanes) is 1. The molecule has 0 radical (unpaired) electrons. The van der Waals surface area contributed by atoms with Crippen molar-refractivity contribution in [1.29, 1.82) is 0 Å². The minimum absolute atomic E-state index is 0.0722. The Labute approximate surface area is 485 Å². The number of aliphatic hydroxyl groups excluding tert-OH is 1. The molecule has 4 aliphatic rings. The largest absolute Gasteiger partial charge is 0.396 e. The molecule has 0 aliphatic carbocycles. The molecule has 0 aromatic heterocycles. The van der Waals surface area contributed by atoms with Gasteiger partial charge in [-0.1, -0.05) is 80.9 Å². The zero-order chi connectivity index (χ0) is 59.6. The number of aliphatic hydroxyl groups is 1. The maximum absolute atomic E-state index is 14.4. The minimum Gasteiger partial charge on any atom is -0.396 e. The molecule has 0 saturated carbocycles. The molecule has 3 aromatic rings. The van der Waals surface area contributed by atoms with E-state index in [9.17, 15) is 53.1 Å². The number of likely N-dealkylation sites (N-methyl/N-ethyl adjacent to an activating group) is 2. The number of hydrogen-bond acceptors (Lipinski definition) is 15. The fourth-order valence-corrected chi connectivity index (χ4v) is 12.3. The lowest BCUT2D eigenvalue weighted by atomic mass is 9.92. The molecule has 4 saturated heterocycles. The van der Waals surface area contributed by atoms with Gasteiger partial charge in [-0.15, -0.1) is 0 Å². The lowest BCUT2D eigenvalue weighted by Crippen LogP contribution is -2.59. The first kappa shape index (κ1) is 63.3. The van der Waals surface area contributed by atoms with Crippen LogP contribution in [-0.2, 0) is 44.9 Å². The summed E-state index contributed by atoms with van der Waals surface area (Å²) >= 11 is 0. The number of carbonyl (C=O) groups is 8. The maximum Gasteiger partial charge on any atom is 0.253 e. The van der Waals surface area contributed by atoms with Crippen molar-refractivity contribution in [2.75, 3.05) is 57.5 Å². The first-order chi connectivity index (χ1) is 40.1. The number of carbonyl (C=O) groups excluding carboxylic acids is 8. The summed E-state index contributed by atoms with van der Waals surface area (Å²) in [7, 11) is 3.35. The average molecular weight is 1150 g/mol. The van der Waals surface area contributed by atoms with Crippen molar-refractivity contribution in [3.8, 4) is 0 Å². The van der Waals surface area contributed by atoms with Crippen molar-refractivity contribution in [3.05, 3.63) is 92.2 Å². The van der Waals surface area contributed by atoms with Gasteiger partial charge in [0.05, 0.1) is 12.1 Å². The molecule has 11 atom stereocenters. The molecule has 0 unspecified atom stereocenters. The minimum atomic E-state index is -1.09. The molecule has 3 aromatic carbocycles. The number of rotatable bonds is 30. The summed E-state index contributed by atoms with van der Waals surface area (Å²) in [6, 6.07) is 12.1. The van der Waals surface area contributed by atoms with Crippen LogP contribution in [0.4, 0.5) is 11.4 Å². The van der Waals surface area contributed by atoms with Gasteiger partial charge < -0.3 is 68.1 Å². The zero-order valence-corrected chi connectivity index (χ0v) is 48.4. The second-order valence-corrected chi connectivity index (χ2v) is 22.4. The third-order valence-corrected chi connectivity index (χ3v) is 17.0. The number of benzene rings is 2. The summed E-state index contributed by atoms with van der Waals surface area (Å²) in [5, 5.41) is 39.9. The lowest BCUT2D eigenvalue weighted by molar-refractivity contribution is -0.144. The quantitative estimate of drug-likeness (QED) is 0.0327. The van der Waals surface area contributed by atoms with Gasteiger partial charge >= 0.3 is 0 Å². The first-order valence-corrected chi connectivity index (χ1v) is 29.9. The smallest absolute Gasteiger partial charge is 0.253 e. The van der Waals surface area contributed by atoms with Crippen LogP contribution in [0.25, 0.3) is 0 Å². The predicted octanol–water partition coefficient (Wildman–Crippen LogP) is 0.960. The van der Waals surface area contributed by atoms with Crippen molar-refractivity contribution >= 4 is 58.6 Å². The fraction of sp³-hybridized carbons (Fsp3) is 0.600. The third-order valence-electron chi connectivity index (χ3n) is 17.0. The summed E-state index contributed by atoms with van der Waals surface area (Å²) in [6.45, 7) is 4.67. The normalized spacial score (nSPS) is 23.3. The highest BCUT2D eigenvalue weighted by molar-refractivity contribution is 5.97. The molecule has 0 spiro atoms. The number of anilines is 2. The summed E-state index contributed by atoms with van der Waals surface area (Å²) in [5.41, 5.74) is 0.383. The Morgan fingerprint density at radius 3 is 1.70 bits per heavy atom. The molecule has 23 nitrogen and oxygen atoms in total. The highest BCUT2D eigenvalue weighted by Crippen LogP contribution is 2.36. The van der Waals surface area contributed by atoms with Crippen molar-refractivity contribution in [3.63, 3.8) is 0 Å². The van der Waals surface area contributed by atoms with Crippen LogP contribution in [0.15, 0.2) is 70.3 Å². The standard InChI is InChI=1S/C60H86N12O11/c1-5-16-43(62-4)55(78)70-49-39(35-73)23-25-41-27-29-45(72(41)60(49)83)57(80)68-47(37-19-11-8-12-20-37)58(81)65-31-14-13-30-63-50-51(53(76)52(50)75)64-32-15-21-46(74)66-34-38-22-24-40-26-28-44(56(79)67-33-36-17-9-7-10-18-36)71(40)59(82)48(38)69-54(77)42(6-2)61-3/h7-12,17-20,38-45,47-49,61-64,73H,5-6,13-16,21-35H2,1-4H3,(H,65,81)(H,66,74)(H,67,79)(H,68,80)(H,69,77)(H,70,78)/t38-,39-,40+,41+,42+,43+,44+,45+,47+,48+,49+/m1/s1. The van der Waals surface area contributed by atoms with Crippen molar-refractivity contribution in [2.24, 2.45) is 11.8 Å². The lowest BCUT2D eigenvalue weighted by Gasteiger charge is -2.33. The molecule has 4 aliphatic heterocycles. The van der Waals surface area contributed by atoms with Crippen LogP contribution in [0.5, 0.6) is 0 Å². The molecule has 23 heteroatoms. The van der Waals surface area contributed by atoms with Crippen LogP contribution in [0.2, 0.25) is 0 Å². The second kappa shape index (κ2) is 30.9. The molecule has 8 amide bonds. The van der Waals surface area contributed by atoms with Crippen LogP contribution < -0.4 is 64.0 Å². The topological polar surface area (TPSA) is 318 Å². The highest BCUT2D eigenvalue weighted by Gasteiger charge is 2.50. The Balaban J connectivity index is 0.857. The van der Waals surface area contributed by atoms with Crippen molar-refractivity contribution < 1.29 is 43.5 Å². The summed E-state index contributed by atoms with van der Waals surface area (Å²) in [4.78, 5) is 139. The van der Waals surface area contributed by atoms with Gasteiger partial charge in [0, 0.05) is 69.7 Å². The monoisotopic (exact) mass is 1150 g/mol. The number of amides is 8. The van der Waals surface area contributed by atoms with E-state index in [0.717, 1.165) is 12.0 Å². The number of fused-ring (bicyclic) bond motifs is 2. The third kappa shape index (κ3) is 15.9. The zero-order valence-electron chi connectivity index (χ0n) is 48.4. The number of nitrogens with one attached hydrogen (secondary N) is 10. The molecular formula is C60H86N12O11.